The number of hydrogen-bond donors (Lipinski definition) is 1. The van der Waals surface area contributed by atoms with E-state index in [1.54, 1.807) is 6.92 Å². The summed E-state index contributed by atoms with van der Waals surface area (Å²) < 4.78 is 32.3. The number of aryl methyl sites for hydroxylation is 1. The average Bonchev–Trinajstić information content (AvgIpc) is 2.34. The number of ether oxygens (including phenoxy) is 1. The number of methoxy groups -OCH3 is 1. The number of hydrogen-bond acceptors (Lipinski definition) is 2. The predicted molar refractivity (Wildman–Crippen MR) is 61.8 cm³/mol. The Morgan fingerprint density at radius 1 is 1.35 bits per heavy atom. The summed E-state index contributed by atoms with van der Waals surface area (Å²) in [6.45, 7) is 4.95. The van der Waals surface area contributed by atoms with E-state index in [1.807, 2.05) is 6.92 Å². The van der Waals surface area contributed by atoms with Gasteiger partial charge in [0.15, 0.2) is 11.6 Å². The highest BCUT2D eigenvalue weighted by Gasteiger charge is 2.34. The van der Waals surface area contributed by atoms with Crippen LogP contribution in [-0.4, -0.2) is 17.8 Å². The van der Waals surface area contributed by atoms with Crippen molar-refractivity contribution in [2.24, 2.45) is 0 Å². The van der Waals surface area contributed by atoms with E-state index in [9.17, 15) is 13.9 Å². The lowest BCUT2D eigenvalue weighted by Crippen LogP contribution is -2.35. The molecule has 0 aliphatic heterocycles. The summed E-state index contributed by atoms with van der Waals surface area (Å²) in [7, 11) is 1.44. The lowest BCUT2D eigenvalue weighted by Gasteiger charge is -2.32. The van der Waals surface area contributed by atoms with Crippen LogP contribution >= 0.6 is 0 Å². The minimum Gasteiger partial charge on any atom is -0.385 e. The van der Waals surface area contributed by atoms with Crippen molar-refractivity contribution in [3.8, 4) is 0 Å². The lowest BCUT2D eigenvalue weighted by atomic mass is 9.89. The van der Waals surface area contributed by atoms with Crippen LogP contribution in [0.5, 0.6) is 0 Å². The summed E-state index contributed by atoms with van der Waals surface area (Å²) in [5.74, 6) is -1.93. The van der Waals surface area contributed by atoms with Gasteiger partial charge in [0.2, 0.25) is 0 Å². The molecule has 17 heavy (non-hydrogen) atoms. The molecule has 0 aliphatic carbocycles. The maximum atomic E-state index is 13.7. The molecular weight excluding hydrogens is 226 g/mol. The van der Waals surface area contributed by atoms with Gasteiger partial charge in [-0.05, 0) is 25.8 Å². The van der Waals surface area contributed by atoms with Crippen LogP contribution in [0.1, 0.15) is 37.5 Å². The number of aliphatic hydroxyl groups excluding tert-OH is 1. The number of aliphatic hydroxyl groups is 1. The van der Waals surface area contributed by atoms with Crippen LogP contribution in [0.25, 0.3) is 0 Å². The van der Waals surface area contributed by atoms with E-state index in [1.165, 1.54) is 26.2 Å². The maximum absolute atomic E-state index is 13.7. The highest BCUT2D eigenvalue weighted by molar-refractivity contribution is 5.28. The molecule has 0 saturated heterocycles. The molecule has 2 atom stereocenters. The van der Waals surface area contributed by atoms with E-state index in [2.05, 4.69) is 0 Å². The van der Waals surface area contributed by atoms with Gasteiger partial charge in [0.1, 0.15) is 6.10 Å². The monoisotopic (exact) mass is 244 g/mol. The fraction of sp³-hybridized carbons (Fsp3) is 0.538. The van der Waals surface area contributed by atoms with E-state index in [0.717, 1.165) is 0 Å². The molecule has 96 valence electrons. The van der Waals surface area contributed by atoms with E-state index in [-0.39, 0.29) is 11.1 Å². The van der Waals surface area contributed by atoms with Crippen LogP contribution in [0.3, 0.4) is 0 Å². The maximum Gasteiger partial charge on any atom is 0.164 e. The molecule has 0 spiro atoms. The van der Waals surface area contributed by atoms with Crippen LogP contribution < -0.4 is 0 Å². The van der Waals surface area contributed by atoms with Gasteiger partial charge < -0.3 is 9.84 Å². The molecule has 0 amide bonds. The fourth-order valence-corrected chi connectivity index (χ4v) is 1.65. The molecule has 0 heterocycles. The van der Waals surface area contributed by atoms with Crippen molar-refractivity contribution in [1.82, 2.24) is 0 Å². The van der Waals surface area contributed by atoms with Crippen LogP contribution in [0, 0.1) is 18.6 Å². The highest BCUT2D eigenvalue weighted by Crippen LogP contribution is 2.33. The Balaban J connectivity index is 3.21. The van der Waals surface area contributed by atoms with Gasteiger partial charge in [-0.2, -0.15) is 0 Å². The third kappa shape index (κ3) is 2.48. The van der Waals surface area contributed by atoms with E-state index >= 15 is 0 Å². The van der Waals surface area contributed by atoms with Gasteiger partial charge in [-0.25, -0.2) is 8.78 Å². The molecule has 0 saturated carbocycles. The van der Waals surface area contributed by atoms with Crippen molar-refractivity contribution in [2.75, 3.05) is 7.11 Å². The zero-order chi connectivity index (χ0) is 13.2. The first-order chi connectivity index (χ1) is 7.87. The first kappa shape index (κ1) is 14.1. The molecule has 0 radical (unpaired) electrons. The normalized spacial score (nSPS) is 16.6. The van der Waals surface area contributed by atoms with Crippen molar-refractivity contribution in [2.45, 2.75) is 38.9 Å². The Morgan fingerprint density at radius 3 is 2.41 bits per heavy atom. The van der Waals surface area contributed by atoms with Crippen LogP contribution in [-0.2, 0) is 4.74 Å². The van der Waals surface area contributed by atoms with Gasteiger partial charge in [0.05, 0.1) is 5.60 Å². The summed E-state index contributed by atoms with van der Waals surface area (Å²) in [5, 5.41) is 10.1. The molecule has 2 nitrogen and oxygen atoms in total. The molecule has 1 N–H and O–H groups in total. The van der Waals surface area contributed by atoms with Gasteiger partial charge in [0.25, 0.3) is 0 Å². The first-order valence-corrected chi connectivity index (χ1v) is 5.55. The topological polar surface area (TPSA) is 29.5 Å². The quantitative estimate of drug-likeness (QED) is 0.881. The van der Waals surface area contributed by atoms with Crippen molar-refractivity contribution >= 4 is 0 Å². The van der Waals surface area contributed by atoms with Crippen LogP contribution in [0.15, 0.2) is 12.1 Å². The minimum absolute atomic E-state index is 0.0701. The van der Waals surface area contributed by atoms with E-state index in [4.69, 9.17) is 4.74 Å². The zero-order valence-electron chi connectivity index (χ0n) is 10.6. The summed E-state index contributed by atoms with van der Waals surface area (Å²) in [6.07, 6.45) is -0.716. The van der Waals surface area contributed by atoms with E-state index in [0.29, 0.717) is 6.42 Å². The predicted octanol–water partition coefficient (Wildman–Crippen LogP) is 3.12. The molecular formula is C13H18F2O2. The number of rotatable bonds is 4. The smallest absolute Gasteiger partial charge is 0.164 e. The summed E-state index contributed by atoms with van der Waals surface area (Å²) in [5.41, 5.74) is -0.781. The fourth-order valence-electron chi connectivity index (χ4n) is 1.65. The largest absolute Gasteiger partial charge is 0.385 e. The third-order valence-electron chi connectivity index (χ3n) is 3.35. The Kier molecular flexibility index (Phi) is 4.22. The first-order valence-electron chi connectivity index (χ1n) is 5.55. The molecule has 0 bridgehead atoms. The van der Waals surface area contributed by atoms with Gasteiger partial charge in [-0.3, -0.25) is 0 Å². The minimum atomic E-state index is -1.20. The van der Waals surface area contributed by atoms with Crippen molar-refractivity contribution < 1.29 is 18.6 Å². The lowest BCUT2D eigenvalue weighted by molar-refractivity contribution is -0.0957. The second-order valence-electron chi connectivity index (χ2n) is 4.37. The zero-order valence-corrected chi connectivity index (χ0v) is 10.6. The van der Waals surface area contributed by atoms with Crippen molar-refractivity contribution in [3.63, 3.8) is 0 Å². The summed E-state index contributed by atoms with van der Waals surface area (Å²) in [6, 6.07) is 2.84. The van der Waals surface area contributed by atoms with Crippen molar-refractivity contribution in [1.29, 1.82) is 0 Å². The average molecular weight is 244 g/mol. The van der Waals surface area contributed by atoms with Crippen molar-refractivity contribution in [3.05, 3.63) is 34.9 Å². The molecule has 4 heteroatoms. The van der Waals surface area contributed by atoms with Gasteiger partial charge in [-0.15, -0.1) is 0 Å². The van der Waals surface area contributed by atoms with E-state index < -0.39 is 23.3 Å². The second kappa shape index (κ2) is 5.10. The molecule has 0 aromatic heterocycles. The van der Waals surface area contributed by atoms with Gasteiger partial charge in [0, 0.05) is 12.7 Å². The molecule has 0 aliphatic rings. The number of benzene rings is 1. The summed E-state index contributed by atoms with van der Waals surface area (Å²) >= 11 is 0. The molecule has 2 unspecified atom stereocenters. The van der Waals surface area contributed by atoms with Gasteiger partial charge >= 0.3 is 0 Å². The Labute approximate surface area is 100 Å². The Bertz CT molecular complexity index is 401. The van der Waals surface area contributed by atoms with Crippen LogP contribution in [0.4, 0.5) is 8.78 Å². The second-order valence-corrected chi connectivity index (χ2v) is 4.37. The molecule has 1 rings (SSSR count). The Morgan fingerprint density at radius 2 is 1.94 bits per heavy atom. The Hall–Kier alpha value is -1.00. The molecule has 1 aromatic rings. The molecule has 0 fully saturated rings. The van der Waals surface area contributed by atoms with Crippen LogP contribution in [0.2, 0.25) is 0 Å². The number of halogens is 2. The SMILES string of the molecule is CCC(C)(OC)C(O)c1ccc(C)c(F)c1F. The highest BCUT2D eigenvalue weighted by atomic mass is 19.2. The molecule has 1 aromatic carbocycles. The van der Waals surface area contributed by atoms with Gasteiger partial charge in [-0.1, -0.05) is 19.1 Å². The standard InChI is InChI=1S/C13H18F2O2/c1-5-13(3,17-4)12(16)9-7-6-8(2)10(14)11(9)15/h6-7,12,16H,5H2,1-4H3. The third-order valence-corrected chi connectivity index (χ3v) is 3.35. The summed E-state index contributed by atoms with van der Waals surface area (Å²) in [4.78, 5) is 0.